The summed E-state index contributed by atoms with van der Waals surface area (Å²) in [6, 6.07) is 27.1. The smallest absolute Gasteiger partial charge is 0.260 e. The SMILES string of the molecule is O=C(Cn1c2ccccc2c(=O)c2ccccc21)N/N=C\c1ccccc1OCc1ccc(Cl)cc1Cl. The van der Waals surface area contributed by atoms with Gasteiger partial charge in [0.1, 0.15) is 18.9 Å². The van der Waals surface area contributed by atoms with E-state index in [1.54, 1.807) is 24.3 Å². The molecule has 0 aliphatic heterocycles. The summed E-state index contributed by atoms with van der Waals surface area (Å²) in [7, 11) is 0. The van der Waals surface area contributed by atoms with E-state index in [-0.39, 0.29) is 24.5 Å². The van der Waals surface area contributed by atoms with Crippen molar-refractivity contribution in [2.24, 2.45) is 5.10 Å². The number of aromatic nitrogens is 1. The van der Waals surface area contributed by atoms with Gasteiger partial charge in [0.15, 0.2) is 5.43 Å². The molecule has 1 aromatic heterocycles. The highest BCUT2D eigenvalue weighted by atomic mass is 35.5. The molecule has 37 heavy (non-hydrogen) atoms. The van der Waals surface area contributed by atoms with Crippen LogP contribution in [0.5, 0.6) is 5.75 Å². The van der Waals surface area contributed by atoms with Gasteiger partial charge in [-0.3, -0.25) is 9.59 Å². The Kier molecular flexibility index (Phi) is 7.21. The molecule has 0 aliphatic rings. The summed E-state index contributed by atoms with van der Waals surface area (Å²) in [5, 5.41) is 6.33. The van der Waals surface area contributed by atoms with Gasteiger partial charge in [-0.05, 0) is 48.5 Å². The molecular weight excluding hydrogens is 509 g/mol. The number of carbonyl (C=O) groups excluding carboxylic acids is 1. The summed E-state index contributed by atoms with van der Waals surface area (Å²) in [6.45, 7) is 0.242. The Morgan fingerprint density at radius 2 is 1.54 bits per heavy atom. The zero-order valence-electron chi connectivity index (χ0n) is 19.5. The van der Waals surface area contributed by atoms with Gasteiger partial charge in [-0.15, -0.1) is 0 Å². The van der Waals surface area contributed by atoms with Crippen molar-refractivity contribution in [2.75, 3.05) is 0 Å². The second-order valence-corrected chi connectivity index (χ2v) is 9.15. The fraction of sp³-hybridized carbons (Fsp3) is 0.0690. The number of benzene rings is 4. The molecule has 0 spiro atoms. The number of hydrogen-bond donors (Lipinski definition) is 1. The van der Waals surface area contributed by atoms with Crippen LogP contribution in [-0.4, -0.2) is 16.7 Å². The van der Waals surface area contributed by atoms with Gasteiger partial charge in [0.25, 0.3) is 5.91 Å². The van der Waals surface area contributed by atoms with E-state index in [0.717, 1.165) is 5.56 Å². The second kappa shape index (κ2) is 10.9. The third-order valence-electron chi connectivity index (χ3n) is 5.89. The molecule has 184 valence electrons. The summed E-state index contributed by atoms with van der Waals surface area (Å²) < 4.78 is 7.76. The van der Waals surface area contributed by atoms with Crippen molar-refractivity contribution >= 4 is 57.1 Å². The Balaban J connectivity index is 1.33. The molecule has 6 nitrogen and oxygen atoms in total. The van der Waals surface area contributed by atoms with E-state index in [9.17, 15) is 9.59 Å². The molecule has 0 atom stereocenters. The molecule has 4 aromatic carbocycles. The van der Waals surface area contributed by atoms with E-state index in [2.05, 4.69) is 10.5 Å². The number of hydrazone groups is 1. The van der Waals surface area contributed by atoms with E-state index >= 15 is 0 Å². The number of pyridine rings is 1. The molecule has 0 bridgehead atoms. The van der Waals surface area contributed by atoms with E-state index < -0.39 is 0 Å². The Morgan fingerprint density at radius 3 is 2.24 bits per heavy atom. The van der Waals surface area contributed by atoms with Crippen molar-refractivity contribution < 1.29 is 9.53 Å². The van der Waals surface area contributed by atoms with Crippen molar-refractivity contribution in [3.05, 3.63) is 122 Å². The van der Waals surface area contributed by atoms with Gasteiger partial charge in [-0.2, -0.15) is 5.10 Å². The van der Waals surface area contributed by atoms with Crippen LogP contribution in [0, 0.1) is 0 Å². The van der Waals surface area contributed by atoms with Gasteiger partial charge >= 0.3 is 0 Å². The molecular formula is C29H21Cl2N3O3. The highest BCUT2D eigenvalue weighted by Gasteiger charge is 2.12. The van der Waals surface area contributed by atoms with E-state index in [1.807, 2.05) is 71.3 Å². The number of carbonyl (C=O) groups is 1. The lowest BCUT2D eigenvalue weighted by Gasteiger charge is -2.14. The molecule has 8 heteroatoms. The minimum atomic E-state index is -0.332. The number of nitrogens with one attached hydrogen (secondary N) is 1. The van der Waals surface area contributed by atoms with Crippen LogP contribution in [0.4, 0.5) is 0 Å². The van der Waals surface area contributed by atoms with Crippen LogP contribution < -0.4 is 15.6 Å². The van der Waals surface area contributed by atoms with Gasteiger partial charge in [0.2, 0.25) is 0 Å². The molecule has 0 fully saturated rings. The maximum atomic E-state index is 12.9. The quantitative estimate of drug-likeness (QED) is 0.155. The predicted molar refractivity (Wildman–Crippen MR) is 149 cm³/mol. The van der Waals surface area contributed by atoms with Crippen LogP contribution in [0.1, 0.15) is 11.1 Å². The van der Waals surface area contributed by atoms with Crippen LogP contribution >= 0.6 is 23.2 Å². The van der Waals surface area contributed by atoms with Crippen molar-refractivity contribution in [2.45, 2.75) is 13.2 Å². The van der Waals surface area contributed by atoms with Gasteiger partial charge in [0, 0.05) is 31.9 Å². The monoisotopic (exact) mass is 529 g/mol. The van der Waals surface area contributed by atoms with Gasteiger partial charge in [-0.1, -0.05) is 65.7 Å². The zero-order valence-corrected chi connectivity index (χ0v) is 21.0. The van der Waals surface area contributed by atoms with Gasteiger partial charge in [0.05, 0.1) is 17.2 Å². The molecule has 0 saturated heterocycles. The molecule has 1 amide bonds. The van der Waals surface area contributed by atoms with Crippen LogP contribution in [0.3, 0.4) is 0 Å². The van der Waals surface area contributed by atoms with E-state index in [0.29, 0.717) is 43.2 Å². The zero-order chi connectivity index (χ0) is 25.8. The fourth-order valence-electron chi connectivity index (χ4n) is 4.11. The molecule has 0 saturated carbocycles. The van der Waals surface area contributed by atoms with Crippen LogP contribution in [-0.2, 0) is 17.9 Å². The summed E-state index contributed by atoms with van der Waals surface area (Å²) in [4.78, 5) is 25.8. The summed E-state index contributed by atoms with van der Waals surface area (Å²) in [5.41, 5.74) is 5.38. The van der Waals surface area contributed by atoms with Crippen molar-refractivity contribution in [3.63, 3.8) is 0 Å². The molecule has 0 unspecified atom stereocenters. The number of ether oxygens (including phenoxy) is 1. The standard InChI is InChI=1S/C29H21Cl2N3O3/c30-21-14-13-20(24(31)15-21)18-37-27-12-6-1-7-19(27)16-32-33-28(35)17-34-25-10-4-2-8-22(25)29(36)23-9-3-5-11-26(23)34/h1-16H,17-18H2,(H,33,35)/b32-16-. The van der Waals surface area contributed by atoms with Crippen molar-refractivity contribution in [3.8, 4) is 5.75 Å². The number of amides is 1. The number of fused-ring (bicyclic) bond motifs is 2. The Morgan fingerprint density at radius 1 is 0.892 bits per heavy atom. The second-order valence-electron chi connectivity index (χ2n) is 8.30. The van der Waals surface area contributed by atoms with Crippen LogP contribution in [0.15, 0.2) is 101 Å². The number of hydrogen-bond acceptors (Lipinski definition) is 4. The summed E-state index contributed by atoms with van der Waals surface area (Å²) in [5.74, 6) is 0.255. The Hall–Kier alpha value is -4.13. The number of halogens is 2. The maximum Gasteiger partial charge on any atom is 0.260 e. The minimum absolute atomic E-state index is 0.00808. The average molecular weight is 530 g/mol. The number of nitrogens with zero attached hydrogens (tertiary/aromatic N) is 2. The van der Waals surface area contributed by atoms with Gasteiger partial charge < -0.3 is 9.30 Å². The van der Waals surface area contributed by atoms with Gasteiger partial charge in [-0.25, -0.2) is 5.43 Å². The Bertz CT molecular complexity index is 1650. The van der Waals surface area contributed by atoms with E-state index in [1.165, 1.54) is 6.21 Å². The minimum Gasteiger partial charge on any atom is -0.488 e. The highest BCUT2D eigenvalue weighted by Crippen LogP contribution is 2.24. The van der Waals surface area contributed by atoms with Crippen LogP contribution in [0.2, 0.25) is 10.0 Å². The van der Waals surface area contributed by atoms with E-state index in [4.69, 9.17) is 27.9 Å². The highest BCUT2D eigenvalue weighted by molar-refractivity contribution is 6.35. The fourth-order valence-corrected chi connectivity index (χ4v) is 4.58. The predicted octanol–water partition coefficient (Wildman–Crippen LogP) is 6.19. The normalized spacial score (nSPS) is 11.3. The molecule has 0 radical (unpaired) electrons. The van der Waals surface area contributed by atoms with Crippen LogP contribution in [0.25, 0.3) is 21.8 Å². The first-order valence-corrected chi connectivity index (χ1v) is 12.2. The molecule has 0 aliphatic carbocycles. The number of rotatable bonds is 7. The molecule has 5 rings (SSSR count). The summed E-state index contributed by atoms with van der Waals surface area (Å²) >= 11 is 12.2. The molecule has 1 heterocycles. The topological polar surface area (TPSA) is 72.7 Å². The average Bonchev–Trinajstić information content (AvgIpc) is 2.91. The molecule has 5 aromatic rings. The lowest BCUT2D eigenvalue weighted by Crippen LogP contribution is -2.25. The van der Waals surface area contributed by atoms with Crippen molar-refractivity contribution in [1.29, 1.82) is 0 Å². The maximum absolute atomic E-state index is 12.9. The van der Waals surface area contributed by atoms with Crippen molar-refractivity contribution in [1.82, 2.24) is 9.99 Å². The Labute approximate surface area is 222 Å². The third kappa shape index (κ3) is 5.35. The number of para-hydroxylation sites is 3. The lowest BCUT2D eigenvalue weighted by molar-refractivity contribution is -0.121. The summed E-state index contributed by atoms with van der Waals surface area (Å²) in [6.07, 6.45) is 1.53. The first kappa shape index (κ1) is 24.6. The molecule has 1 N–H and O–H groups in total. The third-order valence-corrected chi connectivity index (χ3v) is 6.48. The first-order chi connectivity index (χ1) is 18.0. The first-order valence-electron chi connectivity index (χ1n) is 11.5. The largest absolute Gasteiger partial charge is 0.488 e. The lowest BCUT2D eigenvalue weighted by atomic mass is 10.1.